The average Bonchev–Trinajstić information content (AvgIpc) is 2.33. The molecule has 2 aromatic rings. The van der Waals surface area contributed by atoms with Gasteiger partial charge in [-0.25, -0.2) is 9.97 Å². The number of aromatic nitrogens is 2. The summed E-state index contributed by atoms with van der Waals surface area (Å²) in [5, 5.41) is 0.546. The number of benzene rings is 1. The molecule has 0 amide bonds. The Morgan fingerprint density at radius 1 is 1.29 bits per heavy atom. The molecule has 0 aliphatic rings. The number of rotatable bonds is 3. The first-order valence-corrected chi connectivity index (χ1v) is 5.58. The molecular formula is C12H12ClN3O. The standard InChI is InChI=1S/C12H12ClN3O/c1-2-17-11-4-3-8(5-10(11)13)12-15-6-9(14)7-16-12/h3-7H,2,14H2,1H3. The molecule has 0 aliphatic carbocycles. The van der Waals surface area contributed by atoms with Crippen molar-refractivity contribution in [2.45, 2.75) is 6.92 Å². The second-order valence-corrected chi connectivity index (χ2v) is 3.83. The van der Waals surface area contributed by atoms with Crippen LogP contribution in [0.1, 0.15) is 6.92 Å². The van der Waals surface area contributed by atoms with Gasteiger partial charge in [-0.3, -0.25) is 0 Å². The molecular weight excluding hydrogens is 238 g/mol. The predicted octanol–water partition coefficient (Wildman–Crippen LogP) is 2.78. The summed E-state index contributed by atoms with van der Waals surface area (Å²) in [5.74, 6) is 1.25. The first-order valence-electron chi connectivity index (χ1n) is 5.21. The van der Waals surface area contributed by atoms with Gasteiger partial charge in [0.15, 0.2) is 5.82 Å². The molecule has 0 saturated carbocycles. The summed E-state index contributed by atoms with van der Waals surface area (Å²) in [5.41, 5.74) is 6.89. The quantitative estimate of drug-likeness (QED) is 0.909. The number of halogens is 1. The third-order valence-corrected chi connectivity index (χ3v) is 2.46. The van der Waals surface area contributed by atoms with E-state index in [1.54, 1.807) is 24.5 Å². The Morgan fingerprint density at radius 3 is 2.59 bits per heavy atom. The summed E-state index contributed by atoms with van der Waals surface area (Å²) in [4.78, 5) is 8.26. The van der Waals surface area contributed by atoms with E-state index in [-0.39, 0.29) is 0 Å². The highest BCUT2D eigenvalue weighted by atomic mass is 35.5. The molecule has 0 fully saturated rings. The maximum Gasteiger partial charge on any atom is 0.159 e. The number of ether oxygens (including phenoxy) is 1. The monoisotopic (exact) mass is 249 g/mol. The van der Waals surface area contributed by atoms with E-state index in [1.807, 2.05) is 13.0 Å². The van der Waals surface area contributed by atoms with Crippen LogP contribution in [0, 0.1) is 0 Å². The van der Waals surface area contributed by atoms with Crippen LogP contribution in [-0.2, 0) is 0 Å². The van der Waals surface area contributed by atoms with E-state index in [1.165, 1.54) is 0 Å². The first-order chi connectivity index (χ1) is 8.20. The van der Waals surface area contributed by atoms with Gasteiger partial charge in [0.2, 0.25) is 0 Å². The molecule has 1 aromatic heterocycles. The van der Waals surface area contributed by atoms with Crippen molar-refractivity contribution in [2.75, 3.05) is 12.3 Å². The van der Waals surface area contributed by atoms with Crippen molar-refractivity contribution in [3.63, 3.8) is 0 Å². The molecule has 5 heteroatoms. The van der Waals surface area contributed by atoms with Crippen LogP contribution in [0.4, 0.5) is 5.69 Å². The van der Waals surface area contributed by atoms with Gasteiger partial charge in [0.05, 0.1) is 29.7 Å². The van der Waals surface area contributed by atoms with Crippen LogP contribution in [0.15, 0.2) is 30.6 Å². The van der Waals surface area contributed by atoms with Crippen molar-refractivity contribution >= 4 is 17.3 Å². The summed E-state index contributed by atoms with van der Waals surface area (Å²) in [6, 6.07) is 5.45. The Hall–Kier alpha value is -1.81. The molecule has 1 heterocycles. The molecule has 0 spiro atoms. The molecule has 1 aromatic carbocycles. The third kappa shape index (κ3) is 2.65. The minimum atomic E-state index is 0.533. The SMILES string of the molecule is CCOc1ccc(-c2ncc(N)cn2)cc1Cl. The lowest BCUT2D eigenvalue weighted by atomic mass is 10.2. The molecule has 4 nitrogen and oxygen atoms in total. The van der Waals surface area contributed by atoms with Crippen molar-refractivity contribution in [2.24, 2.45) is 0 Å². The van der Waals surface area contributed by atoms with E-state index in [0.29, 0.717) is 28.9 Å². The number of anilines is 1. The van der Waals surface area contributed by atoms with Crippen LogP contribution in [0.2, 0.25) is 5.02 Å². The van der Waals surface area contributed by atoms with E-state index in [9.17, 15) is 0 Å². The summed E-state index contributed by atoms with van der Waals surface area (Å²) in [6.45, 7) is 2.49. The Bertz CT molecular complexity index is 514. The normalized spacial score (nSPS) is 10.2. The average molecular weight is 250 g/mol. The van der Waals surface area contributed by atoms with Gasteiger partial charge in [-0.15, -0.1) is 0 Å². The zero-order valence-corrected chi connectivity index (χ0v) is 10.1. The lowest BCUT2D eigenvalue weighted by Gasteiger charge is -2.07. The van der Waals surface area contributed by atoms with E-state index < -0.39 is 0 Å². The van der Waals surface area contributed by atoms with E-state index in [2.05, 4.69) is 9.97 Å². The van der Waals surface area contributed by atoms with Crippen molar-refractivity contribution in [3.05, 3.63) is 35.6 Å². The summed E-state index contributed by atoms with van der Waals surface area (Å²) < 4.78 is 5.35. The van der Waals surface area contributed by atoms with Crippen molar-refractivity contribution in [3.8, 4) is 17.1 Å². The maximum atomic E-state index is 6.08. The second kappa shape index (κ2) is 5.01. The van der Waals surface area contributed by atoms with Gasteiger partial charge in [0.25, 0.3) is 0 Å². The van der Waals surface area contributed by atoms with Gasteiger partial charge in [-0.2, -0.15) is 0 Å². The van der Waals surface area contributed by atoms with Crippen LogP contribution >= 0.6 is 11.6 Å². The van der Waals surface area contributed by atoms with Gasteiger partial charge in [-0.05, 0) is 25.1 Å². The molecule has 0 atom stereocenters. The van der Waals surface area contributed by atoms with Crippen molar-refractivity contribution < 1.29 is 4.74 Å². The topological polar surface area (TPSA) is 61.0 Å². The fourth-order valence-electron chi connectivity index (χ4n) is 1.40. The molecule has 88 valence electrons. The highest BCUT2D eigenvalue weighted by molar-refractivity contribution is 6.32. The van der Waals surface area contributed by atoms with Crippen molar-refractivity contribution in [1.29, 1.82) is 0 Å². The minimum Gasteiger partial charge on any atom is -0.492 e. The summed E-state index contributed by atoms with van der Waals surface area (Å²) >= 11 is 6.08. The highest BCUT2D eigenvalue weighted by Gasteiger charge is 2.06. The van der Waals surface area contributed by atoms with Crippen LogP contribution in [0.5, 0.6) is 5.75 Å². The Balaban J connectivity index is 2.34. The number of hydrogen-bond donors (Lipinski definition) is 1. The Labute approximate surface area is 104 Å². The zero-order valence-electron chi connectivity index (χ0n) is 9.35. The molecule has 0 unspecified atom stereocenters. The minimum absolute atomic E-state index is 0.533. The van der Waals surface area contributed by atoms with Crippen LogP contribution in [0.25, 0.3) is 11.4 Å². The van der Waals surface area contributed by atoms with Gasteiger partial charge < -0.3 is 10.5 Å². The predicted molar refractivity (Wildman–Crippen MR) is 68.1 cm³/mol. The fourth-order valence-corrected chi connectivity index (χ4v) is 1.63. The molecule has 2 N–H and O–H groups in total. The smallest absolute Gasteiger partial charge is 0.159 e. The largest absolute Gasteiger partial charge is 0.492 e. The molecule has 0 radical (unpaired) electrons. The van der Waals surface area contributed by atoms with E-state index in [4.69, 9.17) is 22.1 Å². The summed E-state index contributed by atoms with van der Waals surface area (Å²) in [7, 11) is 0. The van der Waals surface area contributed by atoms with Gasteiger partial charge in [-0.1, -0.05) is 11.6 Å². The van der Waals surface area contributed by atoms with Gasteiger partial charge in [0.1, 0.15) is 5.75 Å². The van der Waals surface area contributed by atoms with Crippen LogP contribution in [0.3, 0.4) is 0 Å². The van der Waals surface area contributed by atoms with Crippen LogP contribution in [-0.4, -0.2) is 16.6 Å². The highest BCUT2D eigenvalue weighted by Crippen LogP contribution is 2.28. The number of nitrogens with zero attached hydrogens (tertiary/aromatic N) is 2. The zero-order chi connectivity index (χ0) is 12.3. The maximum absolute atomic E-state index is 6.08. The number of nitrogens with two attached hydrogens (primary N) is 1. The first kappa shape index (κ1) is 11.7. The van der Waals surface area contributed by atoms with Crippen LogP contribution < -0.4 is 10.5 Å². The lowest BCUT2D eigenvalue weighted by Crippen LogP contribution is -1.94. The van der Waals surface area contributed by atoms with E-state index >= 15 is 0 Å². The molecule has 0 bridgehead atoms. The third-order valence-electron chi connectivity index (χ3n) is 2.16. The molecule has 0 aliphatic heterocycles. The number of hydrogen-bond acceptors (Lipinski definition) is 4. The van der Waals surface area contributed by atoms with Crippen molar-refractivity contribution in [1.82, 2.24) is 9.97 Å². The fraction of sp³-hybridized carbons (Fsp3) is 0.167. The van der Waals surface area contributed by atoms with Gasteiger partial charge >= 0.3 is 0 Å². The number of nitrogen functional groups attached to an aromatic ring is 1. The Morgan fingerprint density at radius 2 is 2.00 bits per heavy atom. The Kier molecular flexibility index (Phi) is 3.44. The van der Waals surface area contributed by atoms with Gasteiger partial charge in [0, 0.05) is 5.56 Å². The summed E-state index contributed by atoms with van der Waals surface area (Å²) in [6.07, 6.45) is 3.12. The lowest BCUT2D eigenvalue weighted by molar-refractivity contribution is 0.340. The molecule has 17 heavy (non-hydrogen) atoms. The molecule has 2 rings (SSSR count). The molecule has 0 saturated heterocycles. The second-order valence-electron chi connectivity index (χ2n) is 3.42. The van der Waals surface area contributed by atoms with E-state index in [0.717, 1.165) is 5.56 Å².